The van der Waals surface area contributed by atoms with Crippen LogP contribution < -0.4 is 10.5 Å². The van der Waals surface area contributed by atoms with Crippen molar-refractivity contribution < 1.29 is 20.1 Å². The van der Waals surface area contributed by atoms with E-state index in [9.17, 15) is 9.59 Å². The Balaban J connectivity index is 1.65. The average molecular weight is 420 g/mol. The van der Waals surface area contributed by atoms with Crippen molar-refractivity contribution >= 4 is 22.9 Å². The highest BCUT2D eigenvalue weighted by molar-refractivity contribution is 8.18. The number of thioether (sulfide) groups is 1. The Kier molecular flexibility index (Phi) is 10.9. The van der Waals surface area contributed by atoms with Crippen LogP contribution in [0.25, 0.3) is 0 Å². The van der Waals surface area contributed by atoms with Gasteiger partial charge >= 0.3 is 0 Å². The third kappa shape index (κ3) is 8.23. The Morgan fingerprint density at radius 3 is 2.41 bits per heavy atom. The lowest BCUT2D eigenvalue weighted by Gasteiger charge is -2.08. The van der Waals surface area contributed by atoms with Gasteiger partial charge in [-0.05, 0) is 48.7 Å². The lowest BCUT2D eigenvalue weighted by Crippen LogP contribution is -2.55. The highest BCUT2D eigenvalue weighted by atomic mass is 32.2. The first kappa shape index (κ1) is 23.5. The van der Waals surface area contributed by atoms with Crippen LogP contribution in [0.4, 0.5) is 4.79 Å². The molecule has 1 fully saturated rings. The van der Waals surface area contributed by atoms with Crippen molar-refractivity contribution in [3.63, 3.8) is 0 Å². The zero-order valence-corrected chi connectivity index (χ0v) is 18.5. The number of imide groups is 1. The molecule has 0 saturated carbocycles. The van der Waals surface area contributed by atoms with Crippen LogP contribution in [0.1, 0.15) is 63.9 Å². The smallest absolute Gasteiger partial charge is 0.293 e. The van der Waals surface area contributed by atoms with Gasteiger partial charge in [-0.3, -0.25) is 14.5 Å². The summed E-state index contributed by atoms with van der Waals surface area (Å²) >= 11 is 1.03. The summed E-state index contributed by atoms with van der Waals surface area (Å²) in [5, 5.41) is -0.188. The number of nitrogens with zero attached hydrogens (tertiary/aromatic N) is 1. The summed E-state index contributed by atoms with van der Waals surface area (Å²) < 4.78 is 5.83. The molecule has 1 saturated heterocycles. The van der Waals surface area contributed by atoms with E-state index < -0.39 is 0 Å². The van der Waals surface area contributed by atoms with Gasteiger partial charge in [0.15, 0.2) is 0 Å². The fraction of sp³-hybridized carbons (Fsp3) is 0.565. The lowest BCUT2D eigenvalue weighted by atomic mass is 10.1. The van der Waals surface area contributed by atoms with E-state index in [4.69, 9.17) is 4.74 Å². The van der Waals surface area contributed by atoms with Crippen LogP contribution in [0, 0.1) is 0 Å². The van der Waals surface area contributed by atoms with E-state index in [1.54, 1.807) is 0 Å². The number of benzene rings is 1. The molecule has 0 aromatic heterocycles. The van der Waals surface area contributed by atoms with Gasteiger partial charge in [0, 0.05) is 0 Å². The Morgan fingerprint density at radius 2 is 1.72 bits per heavy atom. The number of carbonyl (C=O) groups is 2. The molecular formula is C23H35N2O3S+. The molecule has 0 spiro atoms. The van der Waals surface area contributed by atoms with E-state index in [-0.39, 0.29) is 11.1 Å². The van der Waals surface area contributed by atoms with E-state index in [1.807, 2.05) is 18.2 Å². The Labute approximate surface area is 179 Å². The minimum Gasteiger partial charge on any atom is -0.494 e. The van der Waals surface area contributed by atoms with Crippen molar-refractivity contribution in [3.8, 4) is 5.75 Å². The maximum Gasteiger partial charge on any atom is 0.293 e. The number of hydrogen-bond donors (Lipinski definition) is 1. The molecular weight excluding hydrogens is 384 g/mol. The first-order valence-corrected chi connectivity index (χ1v) is 11.7. The highest BCUT2D eigenvalue weighted by Gasteiger charge is 2.34. The molecule has 5 nitrogen and oxygen atoms in total. The summed E-state index contributed by atoms with van der Waals surface area (Å²) in [6, 6.07) is 8.17. The van der Waals surface area contributed by atoms with Crippen molar-refractivity contribution in [1.29, 1.82) is 0 Å². The number of unbranched alkanes of at least 4 members (excludes halogenated alkanes) is 6. The van der Waals surface area contributed by atoms with E-state index in [1.165, 1.54) is 49.0 Å². The number of ether oxygens (including phenoxy) is 1. The van der Waals surface area contributed by atoms with Gasteiger partial charge in [0.2, 0.25) is 0 Å². The quantitative estimate of drug-likeness (QED) is 0.354. The number of aryl methyl sites for hydroxylation is 1. The largest absolute Gasteiger partial charge is 0.494 e. The zero-order valence-electron chi connectivity index (χ0n) is 17.7. The number of rotatable bonds is 14. The molecule has 3 N–H and O–H groups in total. The van der Waals surface area contributed by atoms with Crippen LogP contribution in [0.3, 0.4) is 0 Å². The third-order valence-electron chi connectivity index (χ3n) is 4.96. The lowest BCUT2D eigenvalue weighted by molar-refractivity contribution is -0.367. The van der Waals surface area contributed by atoms with Crippen molar-refractivity contribution in [2.45, 2.75) is 64.7 Å². The number of allylic oxidation sites excluding steroid dienone is 1. The molecule has 1 aliphatic heterocycles. The molecule has 0 atom stereocenters. The van der Waals surface area contributed by atoms with E-state index in [0.717, 1.165) is 43.4 Å². The van der Waals surface area contributed by atoms with Crippen molar-refractivity contribution in [1.82, 2.24) is 4.90 Å². The molecule has 160 valence electrons. The van der Waals surface area contributed by atoms with Crippen molar-refractivity contribution in [2.24, 2.45) is 0 Å². The molecule has 1 aromatic rings. The fourth-order valence-electron chi connectivity index (χ4n) is 3.26. The molecule has 1 aliphatic rings. The van der Waals surface area contributed by atoms with E-state index in [0.29, 0.717) is 18.0 Å². The van der Waals surface area contributed by atoms with Crippen LogP contribution in [0.15, 0.2) is 35.2 Å². The van der Waals surface area contributed by atoms with Gasteiger partial charge in [-0.2, -0.15) is 0 Å². The molecule has 0 unspecified atom stereocenters. The summed E-state index contributed by atoms with van der Waals surface area (Å²) in [4.78, 5) is 25.8. The minimum atomic E-state index is -0.188. The summed E-state index contributed by atoms with van der Waals surface area (Å²) in [5.74, 6) is 0.729. The monoisotopic (exact) mass is 419 g/mol. The molecule has 29 heavy (non-hydrogen) atoms. The minimum absolute atomic E-state index is 0.183. The normalized spacial score (nSPS) is 15.5. The number of amides is 2. The maximum absolute atomic E-state index is 12.2. The van der Waals surface area contributed by atoms with Crippen LogP contribution in [0.2, 0.25) is 0 Å². The van der Waals surface area contributed by atoms with Crippen LogP contribution in [-0.2, 0) is 11.2 Å². The second-order valence-corrected chi connectivity index (χ2v) is 8.39. The van der Waals surface area contributed by atoms with E-state index >= 15 is 0 Å². The van der Waals surface area contributed by atoms with Gasteiger partial charge in [-0.25, -0.2) is 0 Å². The topological polar surface area (TPSA) is 74.2 Å². The summed E-state index contributed by atoms with van der Waals surface area (Å²) in [6.45, 7) is 3.95. The summed E-state index contributed by atoms with van der Waals surface area (Å²) in [6.07, 6.45) is 12.4. The molecule has 2 amide bonds. The van der Waals surface area contributed by atoms with Crippen LogP contribution in [-0.4, -0.2) is 35.7 Å². The van der Waals surface area contributed by atoms with Gasteiger partial charge in [0.25, 0.3) is 11.1 Å². The Hall–Kier alpha value is -1.79. The predicted molar refractivity (Wildman–Crippen MR) is 119 cm³/mol. The molecule has 6 heteroatoms. The third-order valence-corrected chi connectivity index (χ3v) is 5.91. The van der Waals surface area contributed by atoms with Gasteiger partial charge in [0.05, 0.1) is 24.6 Å². The second kappa shape index (κ2) is 13.4. The van der Waals surface area contributed by atoms with E-state index in [2.05, 4.69) is 24.8 Å². The molecule has 2 rings (SSSR count). The zero-order chi connectivity index (χ0) is 20.9. The second-order valence-electron chi connectivity index (χ2n) is 7.40. The summed E-state index contributed by atoms with van der Waals surface area (Å²) in [5.41, 5.74) is 4.90. The first-order chi connectivity index (χ1) is 14.2. The number of hydrogen-bond acceptors (Lipinski definition) is 4. The van der Waals surface area contributed by atoms with Gasteiger partial charge in [-0.15, -0.1) is 0 Å². The fourth-order valence-corrected chi connectivity index (χ4v) is 4.13. The Morgan fingerprint density at radius 1 is 1.03 bits per heavy atom. The van der Waals surface area contributed by atoms with Gasteiger partial charge in [-0.1, -0.05) is 63.7 Å². The van der Waals surface area contributed by atoms with Crippen LogP contribution in [0.5, 0.6) is 5.75 Å². The summed E-state index contributed by atoms with van der Waals surface area (Å²) in [7, 11) is 0. The van der Waals surface area contributed by atoms with Crippen molar-refractivity contribution in [3.05, 3.63) is 40.8 Å². The van der Waals surface area contributed by atoms with Crippen molar-refractivity contribution in [2.75, 3.05) is 19.7 Å². The highest BCUT2D eigenvalue weighted by Crippen LogP contribution is 2.30. The Bertz CT molecular complexity index is 673. The molecule has 0 bridgehead atoms. The maximum atomic E-state index is 12.2. The standard InChI is InChI=1S/C23H34N2O3S/c1-2-3-4-5-6-7-8-18-28-20-14-12-19(13-15-20)10-9-11-21-22(26)25(17-16-24)23(27)29-21/h11-15H,2-10,16-18,24H2,1H3/p+1/b21-11-. The number of carbonyl (C=O) groups excluding carboxylic acids is 2. The SMILES string of the molecule is CCCCCCCCCOc1ccc(CC/C=C2\SC(=O)N(CC[NH3+])C2=O)cc1. The first-order valence-electron chi connectivity index (χ1n) is 10.9. The predicted octanol–water partition coefficient (Wildman–Crippen LogP) is 4.57. The molecule has 1 heterocycles. The van der Waals surface area contributed by atoms with Crippen LogP contribution >= 0.6 is 11.8 Å². The average Bonchev–Trinajstić information content (AvgIpc) is 2.99. The molecule has 0 radical (unpaired) electrons. The molecule has 1 aromatic carbocycles. The molecule has 0 aliphatic carbocycles. The van der Waals surface area contributed by atoms with Gasteiger partial charge < -0.3 is 10.5 Å². The number of quaternary nitrogens is 1. The van der Waals surface area contributed by atoms with Gasteiger partial charge in [0.1, 0.15) is 5.75 Å².